The number of nitrogens with zero attached hydrogens (tertiary/aromatic N) is 4. The highest BCUT2D eigenvalue weighted by Gasteiger charge is 2.15. The molecule has 2 aromatic carbocycles. The van der Waals surface area contributed by atoms with Gasteiger partial charge in [-0.05, 0) is 48.5 Å². The zero-order valence-electron chi connectivity index (χ0n) is 14.8. The summed E-state index contributed by atoms with van der Waals surface area (Å²) in [5.74, 6) is -0.313. The summed E-state index contributed by atoms with van der Waals surface area (Å²) in [5.41, 5.74) is 1.71. The number of hydrogen-bond acceptors (Lipinski definition) is 7. The normalized spacial score (nSPS) is 11.2. The van der Waals surface area contributed by atoms with Crippen LogP contribution >= 0.6 is 11.3 Å². The molecule has 2 aromatic heterocycles. The number of carbonyl (C=O) groups is 1. The number of carbonyl (C=O) groups excluding carboxylic acids is 1. The van der Waals surface area contributed by atoms with Gasteiger partial charge >= 0.3 is 0 Å². The summed E-state index contributed by atoms with van der Waals surface area (Å²) in [6.07, 6.45) is 4.50. The van der Waals surface area contributed by atoms with Crippen LogP contribution in [0.2, 0.25) is 0 Å². The van der Waals surface area contributed by atoms with E-state index in [1.54, 1.807) is 40.7 Å². The van der Waals surface area contributed by atoms with E-state index < -0.39 is 10.0 Å². The molecule has 2 N–H and O–H groups in total. The highest BCUT2D eigenvalue weighted by Crippen LogP contribution is 2.20. The molecule has 2 heterocycles. The molecule has 0 radical (unpaired) electrons. The van der Waals surface area contributed by atoms with Crippen LogP contribution in [0.15, 0.2) is 77.7 Å². The van der Waals surface area contributed by atoms with Gasteiger partial charge in [0.15, 0.2) is 5.13 Å². The van der Waals surface area contributed by atoms with Crippen molar-refractivity contribution < 1.29 is 13.2 Å². The van der Waals surface area contributed by atoms with Crippen molar-refractivity contribution in [2.45, 2.75) is 4.90 Å². The number of sulfonamides is 1. The first-order chi connectivity index (χ1) is 14.0. The molecule has 0 saturated carbocycles. The molecule has 1 amide bonds. The maximum Gasteiger partial charge on any atom is 0.263 e. The molecular formula is C18H14N6O3S2. The predicted octanol–water partition coefficient (Wildman–Crippen LogP) is 2.78. The summed E-state index contributed by atoms with van der Waals surface area (Å²) in [4.78, 5) is 20.3. The Kier molecular flexibility index (Phi) is 5.06. The molecule has 9 nitrogen and oxygen atoms in total. The molecule has 146 valence electrons. The lowest BCUT2D eigenvalue weighted by Crippen LogP contribution is -2.14. The Labute approximate surface area is 170 Å². The number of thiazole rings is 1. The molecule has 0 atom stereocenters. The van der Waals surface area contributed by atoms with Gasteiger partial charge in [0.2, 0.25) is 0 Å². The minimum Gasteiger partial charge on any atom is -0.322 e. The Morgan fingerprint density at radius 1 is 1.03 bits per heavy atom. The number of nitrogens with one attached hydrogen (secondary N) is 2. The maximum atomic E-state index is 12.4. The topological polar surface area (TPSA) is 119 Å². The first kappa shape index (κ1) is 18.8. The summed E-state index contributed by atoms with van der Waals surface area (Å²) in [6, 6.07) is 12.7. The van der Waals surface area contributed by atoms with E-state index in [0.29, 0.717) is 11.3 Å². The van der Waals surface area contributed by atoms with E-state index in [1.807, 2.05) is 0 Å². The van der Waals surface area contributed by atoms with Gasteiger partial charge in [-0.3, -0.25) is 9.52 Å². The van der Waals surface area contributed by atoms with Crippen molar-refractivity contribution in [2.24, 2.45) is 0 Å². The largest absolute Gasteiger partial charge is 0.322 e. The molecule has 0 fully saturated rings. The van der Waals surface area contributed by atoms with Crippen molar-refractivity contribution in [2.75, 3.05) is 10.0 Å². The Hall–Kier alpha value is -3.57. The zero-order valence-corrected chi connectivity index (χ0v) is 16.4. The maximum absolute atomic E-state index is 12.4. The SMILES string of the molecule is O=C(Nc1ccc(S(=O)(=O)Nc2nccs2)cc1)c1ccc(-n2cncn2)cc1. The molecule has 0 unspecified atom stereocenters. The van der Waals surface area contributed by atoms with Crippen LogP contribution in [0.1, 0.15) is 10.4 Å². The lowest BCUT2D eigenvalue weighted by atomic mass is 10.2. The quantitative estimate of drug-likeness (QED) is 0.489. The summed E-state index contributed by atoms with van der Waals surface area (Å²) < 4.78 is 28.7. The van der Waals surface area contributed by atoms with Crippen molar-refractivity contribution in [1.29, 1.82) is 0 Å². The van der Waals surface area contributed by atoms with E-state index in [0.717, 1.165) is 5.69 Å². The van der Waals surface area contributed by atoms with Crippen LogP contribution < -0.4 is 10.0 Å². The van der Waals surface area contributed by atoms with Gasteiger partial charge in [0.25, 0.3) is 15.9 Å². The van der Waals surface area contributed by atoms with Gasteiger partial charge in [0.05, 0.1) is 10.6 Å². The molecular weight excluding hydrogens is 412 g/mol. The average molecular weight is 426 g/mol. The Morgan fingerprint density at radius 3 is 2.41 bits per heavy atom. The van der Waals surface area contributed by atoms with Crippen LogP contribution in [-0.2, 0) is 10.0 Å². The molecule has 11 heteroatoms. The fraction of sp³-hybridized carbons (Fsp3) is 0. The second kappa shape index (κ2) is 7.81. The molecule has 4 aromatic rings. The van der Waals surface area contributed by atoms with Gasteiger partial charge in [-0.25, -0.2) is 23.1 Å². The number of rotatable bonds is 6. The first-order valence-electron chi connectivity index (χ1n) is 8.30. The van der Waals surface area contributed by atoms with Crippen molar-refractivity contribution in [3.63, 3.8) is 0 Å². The second-order valence-corrected chi connectivity index (χ2v) is 8.39. The van der Waals surface area contributed by atoms with Crippen LogP contribution in [0.5, 0.6) is 0 Å². The highest BCUT2D eigenvalue weighted by atomic mass is 32.2. The average Bonchev–Trinajstić information content (AvgIpc) is 3.42. The van der Waals surface area contributed by atoms with Gasteiger partial charge in [-0.2, -0.15) is 5.10 Å². The number of hydrogen-bond donors (Lipinski definition) is 2. The Bertz CT molecular complexity index is 1200. The summed E-state index contributed by atoms with van der Waals surface area (Å²) >= 11 is 1.19. The van der Waals surface area contributed by atoms with E-state index in [-0.39, 0.29) is 15.9 Å². The van der Waals surface area contributed by atoms with Crippen molar-refractivity contribution in [3.8, 4) is 5.69 Å². The third kappa shape index (κ3) is 4.31. The fourth-order valence-electron chi connectivity index (χ4n) is 2.48. The molecule has 4 rings (SSSR count). The van der Waals surface area contributed by atoms with E-state index in [1.165, 1.54) is 48.1 Å². The van der Waals surface area contributed by atoms with E-state index in [9.17, 15) is 13.2 Å². The Balaban J connectivity index is 1.44. The number of benzene rings is 2. The minimum absolute atomic E-state index is 0.0721. The molecule has 0 aliphatic rings. The summed E-state index contributed by atoms with van der Waals surface area (Å²) in [5, 5.41) is 8.73. The Morgan fingerprint density at radius 2 is 1.79 bits per heavy atom. The van der Waals surface area contributed by atoms with Crippen LogP contribution in [0.3, 0.4) is 0 Å². The molecule has 29 heavy (non-hydrogen) atoms. The van der Waals surface area contributed by atoms with Crippen molar-refractivity contribution >= 4 is 38.1 Å². The second-order valence-electron chi connectivity index (χ2n) is 5.81. The summed E-state index contributed by atoms with van der Waals surface area (Å²) in [6.45, 7) is 0. The van der Waals surface area contributed by atoms with E-state index in [4.69, 9.17) is 0 Å². The van der Waals surface area contributed by atoms with E-state index in [2.05, 4.69) is 25.1 Å². The van der Waals surface area contributed by atoms with Crippen molar-refractivity contribution in [3.05, 3.63) is 78.3 Å². The number of aromatic nitrogens is 4. The van der Waals surface area contributed by atoms with Crippen LogP contribution in [-0.4, -0.2) is 34.1 Å². The zero-order chi connectivity index (χ0) is 20.3. The molecule has 0 aliphatic carbocycles. The van der Waals surface area contributed by atoms with Gasteiger partial charge in [-0.15, -0.1) is 11.3 Å². The van der Waals surface area contributed by atoms with Crippen LogP contribution in [0.25, 0.3) is 5.69 Å². The minimum atomic E-state index is -3.74. The molecule has 0 spiro atoms. The third-order valence-corrected chi connectivity index (χ3v) is 6.06. The summed E-state index contributed by atoms with van der Waals surface area (Å²) in [7, 11) is -3.74. The smallest absolute Gasteiger partial charge is 0.263 e. The lowest BCUT2D eigenvalue weighted by Gasteiger charge is -2.08. The standard InChI is InChI=1S/C18H14N6O3S2/c25-17(13-1-5-15(6-2-13)24-12-19-11-21-24)22-14-3-7-16(8-4-14)29(26,27)23-18-20-9-10-28-18/h1-12H,(H,20,23)(H,22,25). The monoisotopic (exact) mass is 426 g/mol. The molecule has 0 saturated heterocycles. The first-order valence-corrected chi connectivity index (χ1v) is 10.7. The van der Waals surface area contributed by atoms with Gasteiger partial charge in [0.1, 0.15) is 12.7 Å². The fourth-order valence-corrected chi connectivity index (χ4v) is 4.26. The van der Waals surface area contributed by atoms with Gasteiger partial charge in [0, 0.05) is 22.8 Å². The third-order valence-electron chi connectivity index (χ3n) is 3.89. The number of anilines is 2. The molecule has 0 bridgehead atoms. The lowest BCUT2D eigenvalue weighted by molar-refractivity contribution is 0.102. The molecule has 0 aliphatic heterocycles. The van der Waals surface area contributed by atoms with E-state index >= 15 is 0 Å². The van der Waals surface area contributed by atoms with Gasteiger partial charge < -0.3 is 5.32 Å². The van der Waals surface area contributed by atoms with Crippen LogP contribution in [0, 0.1) is 0 Å². The van der Waals surface area contributed by atoms with Crippen LogP contribution in [0.4, 0.5) is 10.8 Å². The van der Waals surface area contributed by atoms with Crippen molar-refractivity contribution in [1.82, 2.24) is 19.7 Å². The predicted molar refractivity (Wildman–Crippen MR) is 109 cm³/mol. The number of amides is 1. The highest BCUT2D eigenvalue weighted by molar-refractivity contribution is 7.93. The van der Waals surface area contributed by atoms with Gasteiger partial charge in [-0.1, -0.05) is 0 Å².